The fourth-order valence-corrected chi connectivity index (χ4v) is 3.82. The molecule has 0 aromatic carbocycles. The van der Waals surface area contributed by atoms with Gasteiger partial charge in [-0.15, -0.1) is 0 Å². The quantitative estimate of drug-likeness (QED) is 0.566. The fourth-order valence-electron chi connectivity index (χ4n) is 3.82. The van der Waals surface area contributed by atoms with E-state index in [0.717, 1.165) is 12.0 Å². The molecule has 0 N–H and O–H groups in total. The second-order valence-electron chi connectivity index (χ2n) is 5.66. The van der Waals surface area contributed by atoms with Crippen molar-refractivity contribution in [1.82, 2.24) is 4.98 Å². The molecule has 2 aliphatic carbocycles. The Hall–Kier alpha value is -1.97. The summed E-state index contributed by atoms with van der Waals surface area (Å²) in [5, 5.41) is 0. The molecule has 2 heterocycles. The second kappa shape index (κ2) is 3.53. The zero-order chi connectivity index (χ0) is 13.1. The Bertz CT molecular complexity index is 592. The summed E-state index contributed by atoms with van der Waals surface area (Å²) in [6, 6.07) is 3.69. The Kier molecular flexibility index (Phi) is 2.03. The molecule has 19 heavy (non-hydrogen) atoms. The van der Waals surface area contributed by atoms with Gasteiger partial charge in [0.2, 0.25) is 11.8 Å². The number of aryl methyl sites for hydroxylation is 1. The molecular formula is C15H14N2O2. The zero-order valence-corrected chi connectivity index (χ0v) is 10.6. The van der Waals surface area contributed by atoms with Gasteiger partial charge in [0.1, 0.15) is 5.82 Å². The maximum atomic E-state index is 12.6. The second-order valence-corrected chi connectivity index (χ2v) is 5.66. The van der Waals surface area contributed by atoms with Gasteiger partial charge in [0.15, 0.2) is 0 Å². The number of imide groups is 1. The monoisotopic (exact) mass is 254 g/mol. The molecule has 1 saturated heterocycles. The van der Waals surface area contributed by atoms with Crippen LogP contribution in [0, 0.1) is 30.6 Å². The van der Waals surface area contributed by atoms with Crippen molar-refractivity contribution in [2.24, 2.45) is 23.7 Å². The third kappa shape index (κ3) is 1.26. The first kappa shape index (κ1) is 10.9. The molecule has 2 bridgehead atoms. The van der Waals surface area contributed by atoms with Crippen LogP contribution in [0.25, 0.3) is 0 Å². The largest absolute Gasteiger partial charge is 0.274 e. The van der Waals surface area contributed by atoms with Gasteiger partial charge >= 0.3 is 0 Å². The maximum absolute atomic E-state index is 12.6. The Labute approximate surface area is 111 Å². The van der Waals surface area contributed by atoms with Crippen molar-refractivity contribution in [1.29, 1.82) is 0 Å². The normalized spacial score (nSPS) is 35.3. The maximum Gasteiger partial charge on any atom is 0.239 e. The van der Waals surface area contributed by atoms with Gasteiger partial charge in [0.05, 0.1) is 11.8 Å². The lowest BCUT2D eigenvalue weighted by atomic mass is 9.85. The van der Waals surface area contributed by atoms with E-state index in [1.54, 1.807) is 6.20 Å². The smallest absolute Gasteiger partial charge is 0.239 e. The number of aromatic nitrogens is 1. The van der Waals surface area contributed by atoms with Crippen molar-refractivity contribution >= 4 is 17.6 Å². The van der Waals surface area contributed by atoms with Crippen LogP contribution in [-0.4, -0.2) is 16.8 Å². The number of allylic oxidation sites excluding steroid dienone is 2. The van der Waals surface area contributed by atoms with Crippen molar-refractivity contribution in [3.8, 4) is 0 Å². The number of hydrogen-bond acceptors (Lipinski definition) is 3. The molecule has 4 nitrogen and oxygen atoms in total. The Morgan fingerprint density at radius 3 is 2.37 bits per heavy atom. The predicted molar refractivity (Wildman–Crippen MR) is 69.2 cm³/mol. The van der Waals surface area contributed by atoms with Crippen LogP contribution in [0.3, 0.4) is 0 Å². The van der Waals surface area contributed by atoms with Crippen molar-refractivity contribution in [3.63, 3.8) is 0 Å². The summed E-state index contributed by atoms with van der Waals surface area (Å²) >= 11 is 0. The minimum atomic E-state index is -0.149. The molecule has 96 valence electrons. The van der Waals surface area contributed by atoms with Gasteiger partial charge in [-0.05, 0) is 36.8 Å². The molecule has 4 heteroatoms. The summed E-state index contributed by atoms with van der Waals surface area (Å²) in [5.74, 6) is 0.586. The summed E-state index contributed by atoms with van der Waals surface area (Å²) in [6.45, 7) is 1.88. The number of fused-ring (bicyclic) bond motifs is 5. The van der Waals surface area contributed by atoms with Crippen molar-refractivity contribution in [3.05, 3.63) is 36.0 Å². The molecule has 2 fully saturated rings. The van der Waals surface area contributed by atoms with E-state index in [9.17, 15) is 9.59 Å². The van der Waals surface area contributed by atoms with Gasteiger partial charge in [-0.25, -0.2) is 9.88 Å². The van der Waals surface area contributed by atoms with Gasteiger partial charge in [-0.3, -0.25) is 9.59 Å². The number of anilines is 1. The lowest BCUT2D eigenvalue weighted by Gasteiger charge is -2.17. The molecule has 2 amide bonds. The third-order valence-electron chi connectivity index (χ3n) is 4.66. The van der Waals surface area contributed by atoms with E-state index < -0.39 is 0 Å². The minimum Gasteiger partial charge on any atom is -0.274 e. The van der Waals surface area contributed by atoms with Gasteiger partial charge in [-0.2, -0.15) is 0 Å². The van der Waals surface area contributed by atoms with E-state index in [1.807, 2.05) is 19.1 Å². The van der Waals surface area contributed by atoms with E-state index in [0.29, 0.717) is 5.82 Å². The molecular weight excluding hydrogens is 240 g/mol. The van der Waals surface area contributed by atoms with Crippen molar-refractivity contribution < 1.29 is 9.59 Å². The standard InChI is InChI=1S/C15H14N2O2/c1-8-3-2-6-16-13(8)17-14(18)11-9-4-5-10(7-9)12(11)15(17)19/h2-6,9-12H,7H2,1H3/t9-,10-,11-,12-/m0/s1. The number of carbonyl (C=O) groups is 2. The minimum absolute atomic E-state index is 0.0614. The molecule has 1 aromatic rings. The number of rotatable bonds is 1. The molecule has 1 saturated carbocycles. The fraction of sp³-hybridized carbons (Fsp3) is 0.400. The predicted octanol–water partition coefficient (Wildman–Crippen LogP) is 1.70. The first-order valence-corrected chi connectivity index (χ1v) is 6.66. The third-order valence-corrected chi connectivity index (χ3v) is 4.66. The molecule has 0 spiro atoms. The van der Waals surface area contributed by atoms with Gasteiger partial charge in [0, 0.05) is 6.20 Å². The van der Waals surface area contributed by atoms with Gasteiger partial charge in [0.25, 0.3) is 0 Å². The van der Waals surface area contributed by atoms with Crippen LogP contribution in [0.1, 0.15) is 12.0 Å². The number of nitrogens with zero attached hydrogens (tertiary/aromatic N) is 2. The molecule has 0 radical (unpaired) electrons. The van der Waals surface area contributed by atoms with Crippen LogP contribution < -0.4 is 4.90 Å². The highest BCUT2D eigenvalue weighted by molar-refractivity contribution is 6.22. The van der Waals surface area contributed by atoms with E-state index >= 15 is 0 Å². The first-order valence-electron chi connectivity index (χ1n) is 6.66. The van der Waals surface area contributed by atoms with E-state index in [4.69, 9.17) is 0 Å². The SMILES string of the molecule is Cc1cccnc1N1C(=O)[C@@H]2[C@@H](C1=O)[C@H]1C=C[C@H]2C1. The molecule has 4 atom stereocenters. The molecule has 1 aromatic heterocycles. The van der Waals surface area contributed by atoms with E-state index in [1.165, 1.54) is 4.90 Å². The van der Waals surface area contributed by atoms with Crippen molar-refractivity contribution in [2.45, 2.75) is 13.3 Å². The Balaban J connectivity index is 1.79. The lowest BCUT2D eigenvalue weighted by molar-refractivity contribution is -0.123. The zero-order valence-electron chi connectivity index (χ0n) is 10.6. The topological polar surface area (TPSA) is 50.3 Å². The Morgan fingerprint density at radius 2 is 1.79 bits per heavy atom. The van der Waals surface area contributed by atoms with Crippen LogP contribution >= 0.6 is 0 Å². The van der Waals surface area contributed by atoms with Crippen LogP contribution in [-0.2, 0) is 9.59 Å². The summed E-state index contributed by atoms with van der Waals surface area (Å²) in [5.41, 5.74) is 0.865. The molecule has 3 aliphatic rings. The van der Waals surface area contributed by atoms with Gasteiger partial charge < -0.3 is 0 Å². The summed E-state index contributed by atoms with van der Waals surface area (Å²) in [4.78, 5) is 30.7. The summed E-state index contributed by atoms with van der Waals surface area (Å²) in [7, 11) is 0. The van der Waals surface area contributed by atoms with Crippen molar-refractivity contribution in [2.75, 3.05) is 4.90 Å². The van der Waals surface area contributed by atoms with Crippen LogP contribution in [0.15, 0.2) is 30.5 Å². The summed E-state index contributed by atoms with van der Waals surface area (Å²) < 4.78 is 0. The average Bonchev–Trinajstić information content (AvgIpc) is 3.06. The number of amides is 2. The molecule has 0 unspecified atom stereocenters. The Morgan fingerprint density at radius 1 is 1.16 bits per heavy atom. The average molecular weight is 254 g/mol. The highest BCUT2D eigenvalue weighted by Gasteiger charge is 2.59. The van der Waals surface area contributed by atoms with Crippen LogP contribution in [0.4, 0.5) is 5.82 Å². The van der Waals surface area contributed by atoms with Gasteiger partial charge in [-0.1, -0.05) is 18.2 Å². The highest BCUT2D eigenvalue weighted by atomic mass is 16.2. The van der Waals surface area contributed by atoms with Crippen LogP contribution in [0.2, 0.25) is 0 Å². The number of hydrogen-bond donors (Lipinski definition) is 0. The molecule has 1 aliphatic heterocycles. The molecule has 4 rings (SSSR count). The number of pyridine rings is 1. The van der Waals surface area contributed by atoms with E-state index in [2.05, 4.69) is 17.1 Å². The lowest BCUT2D eigenvalue weighted by Crippen LogP contribution is -2.34. The number of carbonyl (C=O) groups excluding carboxylic acids is 2. The first-order chi connectivity index (χ1) is 9.18. The highest BCUT2D eigenvalue weighted by Crippen LogP contribution is 2.53. The van der Waals surface area contributed by atoms with Crippen LogP contribution in [0.5, 0.6) is 0 Å². The summed E-state index contributed by atoms with van der Waals surface area (Å²) in [6.07, 6.45) is 6.79. The van der Waals surface area contributed by atoms with E-state index in [-0.39, 0.29) is 35.5 Å².